The normalized spacial score (nSPS) is 35.3. The molecule has 9 heteroatoms. The van der Waals surface area contributed by atoms with Gasteiger partial charge in [0.15, 0.2) is 0 Å². The fourth-order valence-electron chi connectivity index (χ4n) is 4.34. The molecule has 1 heterocycles. The van der Waals surface area contributed by atoms with E-state index >= 15 is 0 Å². The minimum absolute atomic E-state index is 0.0788. The van der Waals surface area contributed by atoms with Crippen LogP contribution in [-0.4, -0.2) is 53.2 Å². The van der Waals surface area contributed by atoms with Crippen molar-refractivity contribution in [3.63, 3.8) is 0 Å². The highest BCUT2D eigenvalue weighted by atomic mass is 127. The number of alkyl halides is 1. The maximum absolute atomic E-state index is 12.2. The summed E-state index contributed by atoms with van der Waals surface area (Å²) in [5, 5.41) is 0. The van der Waals surface area contributed by atoms with Crippen LogP contribution in [0.5, 0.6) is 0 Å². The molecule has 0 N–H and O–H groups in total. The number of esters is 4. The monoisotopic (exact) mass is 494 g/mol. The van der Waals surface area contributed by atoms with Gasteiger partial charge in [-0.3, -0.25) is 19.2 Å². The van der Waals surface area contributed by atoms with Crippen molar-refractivity contribution in [3.05, 3.63) is 0 Å². The Morgan fingerprint density at radius 3 is 2.63 bits per heavy atom. The van der Waals surface area contributed by atoms with E-state index in [2.05, 4.69) is 0 Å². The first-order valence-electron chi connectivity index (χ1n) is 9.05. The van der Waals surface area contributed by atoms with Gasteiger partial charge in [-0.05, 0) is 19.8 Å². The second-order valence-corrected chi connectivity index (χ2v) is 9.81. The van der Waals surface area contributed by atoms with Crippen molar-refractivity contribution >= 4 is 46.5 Å². The molecule has 3 aliphatic rings. The Kier molecular flexibility index (Phi) is 5.69. The lowest BCUT2D eigenvalue weighted by Crippen LogP contribution is -2.43. The van der Waals surface area contributed by atoms with Crippen molar-refractivity contribution in [3.8, 4) is 0 Å². The molecule has 0 aromatic carbocycles. The van der Waals surface area contributed by atoms with Crippen LogP contribution in [0, 0.1) is 23.7 Å². The number of hydrogen-bond donors (Lipinski definition) is 0. The van der Waals surface area contributed by atoms with Crippen LogP contribution in [0.3, 0.4) is 0 Å². The molecule has 7 unspecified atom stereocenters. The van der Waals surface area contributed by atoms with Crippen molar-refractivity contribution in [1.82, 2.24) is 0 Å². The average Bonchev–Trinajstić information content (AvgIpc) is 3.24. The quantitative estimate of drug-likeness (QED) is 0.227. The smallest absolute Gasteiger partial charge is 0.321 e. The first-order chi connectivity index (χ1) is 12.7. The van der Waals surface area contributed by atoms with Crippen LogP contribution in [0.1, 0.15) is 33.1 Å². The van der Waals surface area contributed by atoms with E-state index in [4.69, 9.17) is 18.9 Å². The van der Waals surface area contributed by atoms with Crippen LogP contribution in [0.4, 0.5) is 0 Å². The fraction of sp³-hybridized carbons (Fsp3) is 0.778. The Bertz CT molecular complexity index is 660. The van der Waals surface area contributed by atoms with Crippen LogP contribution >= 0.6 is 22.6 Å². The molecule has 27 heavy (non-hydrogen) atoms. The minimum Gasteiger partial charge on any atom is -0.469 e. The van der Waals surface area contributed by atoms with Gasteiger partial charge in [-0.1, -0.05) is 29.5 Å². The molecular formula is C18H23IO8. The molecule has 1 aliphatic heterocycles. The highest BCUT2D eigenvalue weighted by molar-refractivity contribution is 14.1. The largest absolute Gasteiger partial charge is 0.469 e. The Balaban J connectivity index is 1.57. The SMILES string of the molecule is CCC(C)(I)C(=O)OCCC(=O)OC1C2CC3C1OC(=O)C3C2C(=O)OC. The molecule has 3 fully saturated rings. The molecule has 1 saturated heterocycles. The fourth-order valence-corrected chi connectivity index (χ4v) is 4.49. The summed E-state index contributed by atoms with van der Waals surface area (Å²) in [5.41, 5.74) is 0. The molecule has 3 rings (SSSR count). The molecule has 0 spiro atoms. The summed E-state index contributed by atoms with van der Waals surface area (Å²) in [7, 11) is 1.28. The lowest BCUT2D eigenvalue weighted by molar-refractivity contribution is -0.166. The lowest BCUT2D eigenvalue weighted by atomic mass is 9.78. The van der Waals surface area contributed by atoms with E-state index in [9.17, 15) is 19.2 Å². The number of halogens is 1. The van der Waals surface area contributed by atoms with E-state index in [0.29, 0.717) is 12.8 Å². The van der Waals surface area contributed by atoms with E-state index in [1.54, 1.807) is 6.92 Å². The Morgan fingerprint density at radius 2 is 2.00 bits per heavy atom. The van der Waals surface area contributed by atoms with Gasteiger partial charge in [-0.2, -0.15) is 0 Å². The lowest BCUT2D eigenvalue weighted by Gasteiger charge is -2.29. The third kappa shape index (κ3) is 3.54. The van der Waals surface area contributed by atoms with Gasteiger partial charge in [0, 0.05) is 11.8 Å². The molecular weight excluding hydrogens is 471 g/mol. The van der Waals surface area contributed by atoms with Gasteiger partial charge in [0.2, 0.25) is 0 Å². The zero-order chi connectivity index (χ0) is 19.9. The van der Waals surface area contributed by atoms with Gasteiger partial charge < -0.3 is 18.9 Å². The van der Waals surface area contributed by atoms with Crippen LogP contribution in [0.15, 0.2) is 0 Å². The maximum Gasteiger partial charge on any atom is 0.321 e. The second kappa shape index (κ2) is 7.56. The zero-order valence-corrected chi connectivity index (χ0v) is 17.6. The molecule has 2 saturated carbocycles. The molecule has 0 amide bonds. The standard InChI is InChI=1S/C18H23IO8/c1-4-18(2,19)17(23)25-6-5-10(20)26-13-8-7-9-12(11(8)15(21)24-3)16(22)27-14(9)13/h8-9,11-14H,4-7H2,1-3H3. The van der Waals surface area contributed by atoms with Crippen LogP contribution in [0.2, 0.25) is 0 Å². The summed E-state index contributed by atoms with van der Waals surface area (Å²) >= 11 is 2.02. The van der Waals surface area contributed by atoms with E-state index in [1.165, 1.54) is 7.11 Å². The van der Waals surface area contributed by atoms with Gasteiger partial charge >= 0.3 is 23.9 Å². The molecule has 0 aromatic heterocycles. The average molecular weight is 494 g/mol. The second-order valence-electron chi connectivity index (χ2n) is 7.43. The maximum atomic E-state index is 12.2. The topological polar surface area (TPSA) is 105 Å². The highest BCUT2D eigenvalue weighted by Crippen LogP contribution is 2.58. The third-order valence-electron chi connectivity index (χ3n) is 5.92. The van der Waals surface area contributed by atoms with Crippen LogP contribution in [-0.2, 0) is 38.1 Å². The number of rotatable bonds is 7. The van der Waals surface area contributed by atoms with Crippen molar-refractivity contribution in [2.75, 3.05) is 13.7 Å². The molecule has 150 valence electrons. The molecule has 2 aliphatic carbocycles. The molecule has 0 aromatic rings. The third-order valence-corrected chi connectivity index (χ3v) is 7.12. The first kappa shape index (κ1) is 20.3. The highest BCUT2D eigenvalue weighted by Gasteiger charge is 2.70. The van der Waals surface area contributed by atoms with Crippen molar-refractivity contribution in [1.29, 1.82) is 0 Å². The van der Waals surface area contributed by atoms with Gasteiger partial charge in [0.05, 0.1) is 25.4 Å². The summed E-state index contributed by atoms with van der Waals surface area (Å²) in [4.78, 5) is 48.3. The zero-order valence-electron chi connectivity index (χ0n) is 15.4. The Hall–Kier alpha value is -1.39. The molecule has 0 radical (unpaired) electrons. The van der Waals surface area contributed by atoms with E-state index < -0.39 is 45.4 Å². The number of carbonyl (C=O) groups excluding carboxylic acids is 4. The van der Waals surface area contributed by atoms with Gasteiger partial charge in [-0.25, -0.2) is 0 Å². The van der Waals surface area contributed by atoms with E-state index in [1.807, 2.05) is 29.5 Å². The van der Waals surface area contributed by atoms with Crippen LogP contribution in [0.25, 0.3) is 0 Å². The molecule has 7 atom stereocenters. The first-order valence-corrected chi connectivity index (χ1v) is 10.1. The summed E-state index contributed by atoms with van der Waals surface area (Å²) in [6, 6.07) is 0. The number of ether oxygens (including phenoxy) is 4. The Labute approximate surface area is 170 Å². The van der Waals surface area contributed by atoms with Crippen molar-refractivity contribution in [2.45, 2.75) is 48.7 Å². The summed E-state index contributed by atoms with van der Waals surface area (Å²) < 4.78 is 20.2. The summed E-state index contributed by atoms with van der Waals surface area (Å²) in [5.74, 6) is -3.35. The number of carbonyl (C=O) groups is 4. The number of methoxy groups -OCH3 is 1. The van der Waals surface area contributed by atoms with Crippen molar-refractivity contribution in [2.24, 2.45) is 23.7 Å². The van der Waals surface area contributed by atoms with E-state index in [-0.39, 0.29) is 30.8 Å². The van der Waals surface area contributed by atoms with Crippen molar-refractivity contribution < 1.29 is 38.1 Å². The predicted molar refractivity (Wildman–Crippen MR) is 98.6 cm³/mol. The minimum atomic E-state index is -0.657. The Morgan fingerprint density at radius 1 is 1.30 bits per heavy atom. The van der Waals surface area contributed by atoms with E-state index in [0.717, 1.165) is 0 Å². The summed E-state index contributed by atoms with van der Waals surface area (Å²) in [6.45, 7) is 3.57. The molecule has 2 bridgehead atoms. The number of fused-ring (bicyclic) bond motifs is 1. The number of hydrogen-bond acceptors (Lipinski definition) is 8. The van der Waals surface area contributed by atoms with Gasteiger partial charge in [-0.15, -0.1) is 0 Å². The van der Waals surface area contributed by atoms with Gasteiger partial charge in [0.25, 0.3) is 0 Å². The molecule has 8 nitrogen and oxygen atoms in total. The van der Waals surface area contributed by atoms with Gasteiger partial charge in [0.1, 0.15) is 22.2 Å². The van der Waals surface area contributed by atoms with Crippen LogP contribution < -0.4 is 0 Å². The summed E-state index contributed by atoms with van der Waals surface area (Å²) in [6.07, 6.45) is -0.0425. The predicted octanol–water partition coefficient (Wildman–Crippen LogP) is 1.42.